The summed E-state index contributed by atoms with van der Waals surface area (Å²) in [6.07, 6.45) is 13.5. The Morgan fingerprint density at radius 3 is 2.68 bits per heavy atom. The number of hydrogen-bond donors (Lipinski definition) is 1. The molecule has 1 saturated heterocycles. The maximum Gasteiger partial charge on any atom is 0.251 e. The third kappa shape index (κ3) is 6.77. The van der Waals surface area contributed by atoms with Crippen LogP contribution in [-0.2, 0) is 12.8 Å². The second-order valence-corrected chi connectivity index (χ2v) is 14.3. The highest BCUT2D eigenvalue weighted by Crippen LogP contribution is 2.39. The number of alkyl halides is 1. The van der Waals surface area contributed by atoms with E-state index in [2.05, 4.69) is 30.4 Å². The zero-order valence-corrected chi connectivity index (χ0v) is 27.4. The van der Waals surface area contributed by atoms with E-state index in [-0.39, 0.29) is 35.4 Å². The predicted octanol–water partition coefficient (Wildman–Crippen LogP) is 7.45. The lowest BCUT2D eigenvalue weighted by Gasteiger charge is -2.41. The third-order valence-electron chi connectivity index (χ3n) is 11.1. The number of carbonyl (C=O) groups excluding carboxylic acids is 1. The normalized spacial score (nSPS) is 23.7. The van der Waals surface area contributed by atoms with Crippen LogP contribution in [0, 0.1) is 23.6 Å². The van der Waals surface area contributed by atoms with Crippen LogP contribution in [0.25, 0.3) is 22.2 Å². The Balaban J connectivity index is 1.13. The molecule has 0 bridgehead atoms. The number of nitrogens with one attached hydrogen (secondary N) is 1. The van der Waals surface area contributed by atoms with Crippen molar-refractivity contribution in [1.29, 1.82) is 0 Å². The number of carbonyl (C=O) groups is 1. The van der Waals surface area contributed by atoms with Gasteiger partial charge in [-0.3, -0.25) is 9.78 Å². The lowest BCUT2D eigenvalue weighted by Crippen LogP contribution is -2.43. The molecule has 1 aromatic carbocycles. The minimum absolute atomic E-state index is 0.129. The Morgan fingerprint density at radius 2 is 1.91 bits per heavy atom. The summed E-state index contributed by atoms with van der Waals surface area (Å²) >= 11 is 0. The van der Waals surface area contributed by atoms with E-state index in [1.165, 1.54) is 38.2 Å². The predicted molar refractivity (Wildman–Crippen MR) is 179 cm³/mol. The highest BCUT2D eigenvalue weighted by molar-refractivity contribution is 5.98. The van der Waals surface area contributed by atoms with Crippen LogP contribution in [0.1, 0.15) is 92.0 Å². The molecule has 7 nitrogen and oxygen atoms in total. The second kappa shape index (κ2) is 13.3. The maximum absolute atomic E-state index is 15.6. The number of fused-ring (bicyclic) bond motifs is 3. The minimum atomic E-state index is -1.31. The van der Waals surface area contributed by atoms with E-state index in [0.29, 0.717) is 24.6 Å². The summed E-state index contributed by atoms with van der Waals surface area (Å²) in [5, 5.41) is 11.5. The number of benzene rings is 1. The van der Waals surface area contributed by atoms with E-state index >= 15 is 8.78 Å². The van der Waals surface area contributed by atoms with Crippen molar-refractivity contribution in [2.45, 2.75) is 83.3 Å². The molecule has 47 heavy (non-hydrogen) atoms. The van der Waals surface area contributed by atoms with Gasteiger partial charge >= 0.3 is 0 Å². The van der Waals surface area contributed by atoms with Crippen molar-refractivity contribution < 1.29 is 13.6 Å². The Kier molecular flexibility index (Phi) is 9.01. The molecule has 2 aliphatic carbocycles. The van der Waals surface area contributed by atoms with Crippen LogP contribution in [0.15, 0.2) is 55.0 Å². The van der Waals surface area contributed by atoms with Crippen LogP contribution in [0.5, 0.6) is 0 Å². The van der Waals surface area contributed by atoms with E-state index < -0.39 is 11.5 Å². The van der Waals surface area contributed by atoms with Crippen molar-refractivity contribution in [3.05, 3.63) is 83.2 Å². The van der Waals surface area contributed by atoms with E-state index in [9.17, 15) is 4.79 Å². The van der Waals surface area contributed by atoms with Gasteiger partial charge in [0.15, 0.2) is 0 Å². The summed E-state index contributed by atoms with van der Waals surface area (Å²) in [6, 6.07) is 10.3. The summed E-state index contributed by atoms with van der Waals surface area (Å²) in [5.74, 6) is 0.591. The van der Waals surface area contributed by atoms with Crippen molar-refractivity contribution in [3.8, 4) is 11.3 Å². The van der Waals surface area contributed by atoms with Gasteiger partial charge in [0.2, 0.25) is 0 Å². The quantitative estimate of drug-likeness (QED) is 0.216. The van der Waals surface area contributed by atoms with Crippen molar-refractivity contribution >= 4 is 16.8 Å². The molecule has 0 spiro atoms. The Labute approximate surface area is 275 Å². The van der Waals surface area contributed by atoms with Gasteiger partial charge in [-0.2, -0.15) is 10.2 Å². The maximum atomic E-state index is 15.6. The molecule has 1 N–H and O–H groups in total. The number of amides is 1. The highest BCUT2D eigenvalue weighted by atomic mass is 19.1. The van der Waals surface area contributed by atoms with Gasteiger partial charge in [-0.1, -0.05) is 39.2 Å². The molecule has 1 amide bonds. The van der Waals surface area contributed by atoms with Gasteiger partial charge in [0.25, 0.3) is 5.91 Å². The average Bonchev–Trinajstić information content (AvgIpc) is 3.09. The Morgan fingerprint density at radius 1 is 1.06 bits per heavy atom. The second-order valence-electron chi connectivity index (χ2n) is 14.3. The molecule has 246 valence electrons. The van der Waals surface area contributed by atoms with Crippen molar-refractivity contribution in [1.82, 2.24) is 30.4 Å². The molecule has 9 heteroatoms. The van der Waals surface area contributed by atoms with Gasteiger partial charge < -0.3 is 10.2 Å². The van der Waals surface area contributed by atoms with Crippen LogP contribution in [-0.4, -0.2) is 56.3 Å². The molecule has 4 atom stereocenters. The van der Waals surface area contributed by atoms with Gasteiger partial charge in [-0.15, -0.1) is 0 Å². The molecule has 1 saturated carbocycles. The molecule has 1 aliphatic heterocycles. The zero-order chi connectivity index (χ0) is 32.5. The van der Waals surface area contributed by atoms with Crippen LogP contribution < -0.4 is 5.32 Å². The topological polar surface area (TPSA) is 83.9 Å². The van der Waals surface area contributed by atoms with Crippen LogP contribution in [0.2, 0.25) is 0 Å². The zero-order valence-electron chi connectivity index (χ0n) is 27.4. The third-order valence-corrected chi connectivity index (χ3v) is 11.1. The molecule has 4 heterocycles. The van der Waals surface area contributed by atoms with Crippen LogP contribution in [0.4, 0.5) is 8.78 Å². The van der Waals surface area contributed by atoms with Gasteiger partial charge in [0.05, 0.1) is 24.1 Å². The first-order valence-electron chi connectivity index (χ1n) is 17.3. The number of hydrogen-bond acceptors (Lipinski definition) is 6. The van der Waals surface area contributed by atoms with E-state index in [1.807, 2.05) is 44.3 Å². The summed E-state index contributed by atoms with van der Waals surface area (Å²) in [7, 11) is 0. The van der Waals surface area contributed by atoms with Gasteiger partial charge in [0.1, 0.15) is 17.0 Å². The fourth-order valence-electron chi connectivity index (χ4n) is 8.03. The standard InChI is InChI=1S/C38H44F2N6O/c1-24(2)38(40)13-9-34-31(20-38)18-29-17-30(19-32(39)36(29)44-34)37(47)45-35(12-16-46-15-11-25-5-3-4-6-28(25)23-46)26-7-8-33(41-21-26)27-10-14-42-43-22-27/h7-8,10,14,17-19,21-22,24-25,28,35H,3-6,9,11-13,15-16,20,23H2,1-2H3,(H,45,47). The van der Waals surface area contributed by atoms with E-state index in [4.69, 9.17) is 0 Å². The number of pyridine rings is 2. The van der Waals surface area contributed by atoms with Gasteiger partial charge in [0, 0.05) is 47.9 Å². The lowest BCUT2D eigenvalue weighted by atomic mass is 9.75. The first-order valence-corrected chi connectivity index (χ1v) is 17.3. The molecular formula is C38H44F2N6O. The van der Waals surface area contributed by atoms with Crippen molar-refractivity contribution in [2.24, 2.45) is 17.8 Å². The molecule has 4 aromatic rings. The molecule has 3 aromatic heterocycles. The first-order chi connectivity index (χ1) is 22.8. The summed E-state index contributed by atoms with van der Waals surface area (Å²) in [6.45, 7) is 6.85. The van der Waals surface area contributed by atoms with Gasteiger partial charge in [-0.25, -0.2) is 13.8 Å². The number of halogens is 2. The van der Waals surface area contributed by atoms with Crippen LogP contribution >= 0.6 is 0 Å². The number of aryl methyl sites for hydroxylation is 1. The highest BCUT2D eigenvalue weighted by Gasteiger charge is 2.38. The molecule has 7 rings (SSSR count). The SMILES string of the molecule is CC(C)C1(F)CCc2nc3c(F)cc(C(=O)NC(CCN4CCC5CCCCC5C4)c4ccc(-c5ccnnc5)nc4)cc3cc2C1. The number of aromatic nitrogens is 4. The van der Waals surface area contributed by atoms with Crippen molar-refractivity contribution in [2.75, 3.05) is 19.6 Å². The van der Waals surface area contributed by atoms with E-state index in [0.717, 1.165) is 59.5 Å². The lowest BCUT2D eigenvalue weighted by molar-refractivity contribution is 0.0814. The smallest absolute Gasteiger partial charge is 0.251 e. The Hall–Kier alpha value is -3.85. The van der Waals surface area contributed by atoms with Gasteiger partial charge in [-0.05, 0) is 97.9 Å². The fraction of sp³-hybridized carbons (Fsp3) is 0.500. The first kappa shape index (κ1) is 31.7. The molecular weight excluding hydrogens is 594 g/mol. The summed E-state index contributed by atoms with van der Waals surface area (Å²) in [4.78, 5) is 25.7. The molecule has 2 fully saturated rings. The minimum Gasteiger partial charge on any atom is -0.345 e. The Bertz CT molecular complexity index is 1730. The average molecular weight is 639 g/mol. The summed E-state index contributed by atoms with van der Waals surface area (Å²) < 4.78 is 31.1. The number of piperidine rings is 1. The molecule has 4 unspecified atom stereocenters. The molecule has 0 radical (unpaired) electrons. The van der Waals surface area contributed by atoms with Crippen LogP contribution in [0.3, 0.4) is 0 Å². The monoisotopic (exact) mass is 638 g/mol. The molecule has 3 aliphatic rings. The summed E-state index contributed by atoms with van der Waals surface area (Å²) in [5.41, 5.74) is 3.21. The van der Waals surface area contributed by atoms with Crippen molar-refractivity contribution in [3.63, 3.8) is 0 Å². The fourth-order valence-corrected chi connectivity index (χ4v) is 8.03. The number of rotatable bonds is 8. The number of likely N-dealkylation sites (tertiary alicyclic amines) is 1. The largest absolute Gasteiger partial charge is 0.345 e. The number of nitrogens with zero attached hydrogens (tertiary/aromatic N) is 5. The van der Waals surface area contributed by atoms with E-state index in [1.54, 1.807) is 18.5 Å².